The molecule has 0 aromatic rings. The van der Waals surface area contributed by atoms with E-state index < -0.39 is 0 Å². The first-order valence-electron chi connectivity index (χ1n) is 6.31. The van der Waals surface area contributed by atoms with Crippen molar-refractivity contribution in [2.45, 2.75) is 38.6 Å². The third-order valence-corrected chi connectivity index (χ3v) is 3.14. The highest BCUT2D eigenvalue weighted by Gasteiger charge is 2.10. The van der Waals surface area contributed by atoms with Crippen LogP contribution in [0.25, 0.3) is 0 Å². The number of hydrogen-bond acceptors (Lipinski definition) is 3. The number of hydrogen-bond donors (Lipinski definition) is 1. The van der Waals surface area contributed by atoms with Crippen molar-refractivity contribution in [3.05, 3.63) is 0 Å². The Labute approximate surface area is 94.2 Å². The van der Waals surface area contributed by atoms with Crippen LogP contribution in [-0.2, 0) is 4.74 Å². The van der Waals surface area contributed by atoms with Gasteiger partial charge in [0.2, 0.25) is 0 Å². The van der Waals surface area contributed by atoms with Crippen molar-refractivity contribution in [3.8, 4) is 0 Å². The first-order chi connectivity index (χ1) is 7.36. The Hall–Kier alpha value is -0.120. The SMILES string of the molecule is CCC(COC)NCCCN1CCCC1. The predicted molar refractivity (Wildman–Crippen MR) is 64.2 cm³/mol. The summed E-state index contributed by atoms with van der Waals surface area (Å²) < 4.78 is 5.15. The molecule has 1 aliphatic rings. The first-order valence-corrected chi connectivity index (χ1v) is 6.31. The standard InChI is InChI=1S/C12H26N2O/c1-3-12(11-15-2)13-7-6-10-14-8-4-5-9-14/h12-13H,3-11H2,1-2H3. The van der Waals surface area contributed by atoms with Crippen LogP contribution >= 0.6 is 0 Å². The lowest BCUT2D eigenvalue weighted by atomic mass is 10.2. The monoisotopic (exact) mass is 214 g/mol. The summed E-state index contributed by atoms with van der Waals surface area (Å²) in [5.41, 5.74) is 0. The zero-order valence-corrected chi connectivity index (χ0v) is 10.3. The Morgan fingerprint density at radius 3 is 2.67 bits per heavy atom. The van der Waals surface area contributed by atoms with Crippen LogP contribution in [0.3, 0.4) is 0 Å². The maximum Gasteiger partial charge on any atom is 0.0615 e. The Morgan fingerprint density at radius 2 is 2.07 bits per heavy atom. The van der Waals surface area contributed by atoms with E-state index in [2.05, 4.69) is 17.1 Å². The molecule has 15 heavy (non-hydrogen) atoms. The van der Waals surface area contributed by atoms with Gasteiger partial charge in [0.15, 0.2) is 0 Å². The summed E-state index contributed by atoms with van der Waals surface area (Å²) in [7, 11) is 1.77. The molecule has 0 aromatic carbocycles. The van der Waals surface area contributed by atoms with E-state index in [0.29, 0.717) is 6.04 Å². The predicted octanol–water partition coefficient (Wildman–Crippen LogP) is 1.49. The number of likely N-dealkylation sites (tertiary alicyclic amines) is 1. The fraction of sp³-hybridized carbons (Fsp3) is 1.00. The van der Waals surface area contributed by atoms with Gasteiger partial charge in [0.25, 0.3) is 0 Å². The van der Waals surface area contributed by atoms with Gasteiger partial charge in [-0.3, -0.25) is 0 Å². The minimum Gasteiger partial charge on any atom is -0.383 e. The summed E-state index contributed by atoms with van der Waals surface area (Å²) >= 11 is 0. The summed E-state index contributed by atoms with van der Waals surface area (Å²) in [5.74, 6) is 0. The molecule has 0 radical (unpaired) electrons. The molecule has 1 atom stereocenters. The van der Waals surface area contributed by atoms with Gasteiger partial charge < -0.3 is 15.0 Å². The molecular formula is C12H26N2O. The Balaban J connectivity index is 1.94. The maximum absolute atomic E-state index is 5.15. The molecule has 0 spiro atoms. The quantitative estimate of drug-likeness (QED) is 0.620. The van der Waals surface area contributed by atoms with Gasteiger partial charge in [-0.1, -0.05) is 6.92 Å². The van der Waals surface area contributed by atoms with Gasteiger partial charge in [0.1, 0.15) is 0 Å². The number of ether oxygens (including phenoxy) is 1. The van der Waals surface area contributed by atoms with Gasteiger partial charge >= 0.3 is 0 Å². The largest absolute Gasteiger partial charge is 0.383 e. The second-order valence-electron chi connectivity index (χ2n) is 4.42. The summed E-state index contributed by atoms with van der Waals surface area (Å²) in [5, 5.41) is 3.54. The number of methoxy groups -OCH3 is 1. The lowest BCUT2D eigenvalue weighted by Gasteiger charge is -2.18. The average molecular weight is 214 g/mol. The third kappa shape index (κ3) is 5.50. The molecule has 1 unspecified atom stereocenters. The van der Waals surface area contributed by atoms with Gasteiger partial charge in [-0.05, 0) is 51.9 Å². The molecular weight excluding hydrogens is 188 g/mol. The van der Waals surface area contributed by atoms with E-state index in [9.17, 15) is 0 Å². The van der Waals surface area contributed by atoms with E-state index in [0.717, 1.165) is 19.6 Å². The molecule has 0 bridgehead atoms. The molecule has 1 heterocycles. The van der Waals surface area contributed by atoms with Crippen LogP contribution in [0.5, 0.6) is 0 Å². The molecule has 3 nitrogen and oxygen atoms in total. The zero-order valence-electron chi connectivity index (χ0n) is 10.3. The van der Waals surface area contributed by atoms with Gasteiger partial charge in [-0.2, -0.15) is 0 Å². The van der Waals surface area contributed by atoms with Gasteiger partial charge in [-0.25, -0.2) is 0 Å². The number of rotatable bonds is 8. The summed E-state index contributed by atoms with van der Waals surface area (Å²) in [4.78, 5) is 2.57. The summed E-state index contributed by atoms with van der Waals surface area (Å²) in [6.45, 7) is 8.05. The van der Waals surface area contributed by atoms with Crippen LogP contribution in [0.1, 0.15) is 32.6 Å². The smallest absolute Gasteiger partial charge is 0.0615 e. The van der Waals surface area contributed by atoms with Crippen LogP contribution in [-0.4, -0.2) is 50.8 Å². The molecule has 1 N–H and O–H groups in total. The Bertz CT molecular complexity index is 147. The van der Waals surface area contributed by atoms with Crippen LogP contribution < -0.4 is 5.32 Å². The molecule has 1 aliphatic heterocycles. The lowest BCUT2D eigenvalue weighted by molar-refractivity contribution is 0.163. The second kappa shape index (κ2) is 8.08. The van der Waals surface area contributed by atoms with Crippen LogP contribution in [0.15, 0.2) is 0 Å². The van der Waals surface area contributed by atoms with Crippen LogP contribution in [0.4, 0.5) is 0 Å². The topological polar surface area (TPSA) is 24.5 Å². The molecule has 90 valence electrons. The van der Waals surface area contributed by atoms with Crippen molar-refractivity contribution in [1.29, 1.82) is 0 Å². The van der Waals surface area contributed by atoms with Gasteiger partial charge in [0, 0.05) is 13.2 Å². The van der Waals surface area contributed by atoms with Crippen molar-refractivity contribution in [1.82, 2.24) is 10.2 Å². The molecule has 0 amide bonds. The Kier molecular flexibility index (Phi) is 6.98. The second-order valence-corrected chi connectivity index (χ2v) is 4.42. The van der Waals surface area contributed by atoms with E-state index in [1.54, 1.807) is 7.11 Å². The summed E-state index contributed by atoms with van der Waals surface area (Å²) in [6.07, 6.45) is 5.21. The number of nitrogens with zero attached hydrogens (tertiary/aromatic N) is 1. The molecule has 3 heteroatoms. The van der Waals surface area contributed by atoms with Gasteiger partial charge in [0.05, 0.1) is 6.61 Å². The highest BCUT2D eigenvalue weighted by atomic mass is 16.5. The van der Waals surface area contributed by atoms with Gasteiger partial charge in [-0.15, -0.1) is 0 Å². The van der Waals surface area contributed by atoms with Crippen molar-refractivity contribution in [3.63, 3.8) is 0 Å². The van der Waals surface area contributed by atoms with Crippen molar-refractivity contribution in [2.75, 3.05) is 39.9 Å². The minimum atomic E-state index is 0.536. The average Bonchev–Trinajstić information content (AvgIpc) is 2.75. The van der Waals surface area contributed by atoms with Crippen molar-refractivity contribution in [2.24, 2.45) is 0 Å². The number of nitrogens with one attached hydrogen (secondary N) is 1. The van der Waals surface area contributed by atoms with E-state index in [4.69, 9.17) is 4.74 Å². The molecule has 0 aliphatic carbocycles. The Morgan fingerprint density at radius 1 is 1.33 bits per heavy atom. The van der Waals surface area contributed by atoms with Crippen LogP contribution in [0, 0.1) is 0 Å². The van der Waals surface area contributed by atoms with Crippen molar-refractivity contribution >= 4 is 0 Å². The van der Waals surface area contributed by atoms with Crippen molar-refractivity contribution < 1.29 is 4.74 Å². The zero-order chi connectivity index (χ0) is 10.9. The maximum atomic E-state index is 5.15. The van der Waals surface area contributed by atoms with E-state index in [-0.39, 0.29) is 0 Å². The normalized spacial score (nSPS) is 19.6. The summed E-state index contributed by atoms with van der Waals surface area (Å²) in [6, 6.07) is 0.536. The van der Waals surface area contributed by atoms with Crippen LogP contribution in [0.2, 0.25) is 0 Å². The highest BCUT2D eigenvalue weighted by molar-refractivity contribution is 4.68. The fourth-order valence-corrected chi connectivity index (χ4v) is 2.14. The fourth-order valence-electron chi connectivity index (χ4n) is 2.14. The van der Waals surface area contributed by atoms with E-state index in [1.807, 2.05) is 0 Å². The minimum absolute atomic E-state index is 0.536. The molecule has 1 saturated heterocycles. The van der Waals surface area contributed by atoms with E-state index in [1.165, 1.54) is 38.9 Å². The molecule has 0 saturated carbocycles. The first kappa shape index (κ1) is 12.9. The molecule has 1 rings (SSSR count). The lowest BCUT2D eigenvalue weighted by Crippen LogP contribution is -2.34. The molecule has 0 aromatic heterocycles. The third-order valence-electron chi connectivity index (χ3n) is 3.14. The van der Waals surface area contributed by atoms with E-state index >= 15 is 0 Å². The highest BCUT2D eigenvalue weighted by Crippen LogP contribution is 2.06. The molecule has 1 fully saturated rings.